The highest BCUT2D eigenvalue weighted by molar-refractivity contribution is 5.90. The molecule has 7 nitrogen and oxygen atoms in total. The number of carbonyl (C=O) groups excluding carboxylic acids is 1. The SMILES string of the molecule is CN(C)c1nc(NC2CCC(CNC(=O)OC(C)(C)C)CC2)nc2ccccc12. The third kappa shape index (κ3) is 5.95. The van der Waals surface area contributed by atoms with Crippen LogP contribution in [0.1, 0.15) is 46.5 Å². The molecule has 2 aromatic rings. The fourth-order valence-electron chi connectivity index (χ4n) is 3.70. The average molecular weight is 400 g/mol. The molecule has 0 atom stereocenters. The zero-order valence-electron chi connectivity index (χ0n) is 18.2. The number of hydrogen-bond donors (Lipinski definition) is 2. The van der Waals surface area contributed by atoms with Gasteiger partial charge in [-0.2, -0.15) is 4.98 Å². The number of carbonyl (C=O) groups is 1. The largest absolute Gasteiger partial charge is 0.444 e. The van der Waals surface area contributed by atoms with E-state index in [1.54, 1.807) is 0 Å². The molecule has 0 unspecified atom stereocenters. The van der Waals surface area contributed by atoms with Gasteiger partial charge in [-0.1, -0.05) is 12.1 Å². The quantitative estimate of drug-likeness (QED) is 0.785. The molecule has 2 N–H and O–H groups in total. The Morgan fingerprint density at radius 2 is 1.83 bits per heavy atom. The van der Waals surface area contributed by atoms with Crippen molar-refractivity contribution in [3.63, 3.8) is 0 Å². The van der Waals surface area contributed by atoms with Gasteiger partial charge < -0.3 is 20.3 Å². The number of alkyl carbamates (subject to hydrolysis) is 1. The molecule has 0 aliphatic heterocycles. The number of anilines is 2. The number of nitrogens with one attached hydrogen (secondary N) is 2. The maximum atomic E-state index is 11.8. The maximum Gasteiger partial charge on any atom is 0.407 e. The topological polar surface area (TPSA) is 79.4 Å². The van der Waals surface area contributed by atoms with Crippen molar-refractivity contribution in [3.8, 4) is 0 Å². The van der Waals surface area contributed by atoms with E-state index in [9.17, 15) is 4.79 Å². The number of amides is 1. The number of nitrogens with zero attached hydrogens (tertiary/aromatic N) is 3. The highest BCUT2D eigenvalue weighted by Gasteiger charge is 2.23. The van der Waals surface area contributed by atoms with E-state index in [1.165, 1.54) is 0 Å². The van der Waals surface area contributed by atoms with Gasteiger partial charge in [0.15, 0.2) is 0 Å². The van der Waals surface area contributed by atoms with Crippen molar-refractivity contribution < 1.29 is 9.53 Å². The van der Waals surface area contributed by atoms with Crippen molar-refractivity contribution in [1.29, 1.82) is 0 Å². The maximum absolute atomic E-state index is 11.8. The van der Waals surface area contributed by atoms with Crippen LogP contribution in [0.3, 0.4) is 0 Å². The van der Waals surface area contributed by atoms with Crippen LogP contribution in [0.15, 0.2) is 24.3 Å². The first-order valence-electron chi connectivity index (χ1n) is 10.4. The first-order valence-corrected chi connectivity index (χ1v) is 10.4. The normalized spacial score (nSPS) is 19.6. The minimum Gasteiger partial charge on any atom is -0.444 e. The number of hydrogen-bond acceptors (Lipinski definition) is 6. The number of aromatic nitrogens is 2. The van der Waals surface area contributed by atoms with Crippen LogP contribution in [0.25, 0.3) is 10.9 Å². The van der Waals surface area contributed by atoms with Crippen LogP contribution in [-0.2, 0) is 4.74 Å². The lowest BCUT2D eigenvalue weighted by Gasteiger charge is -2.30. The van der Waals surface area contributed by atoms with Gasteiger partial charge in [0.05, 0.1) is 5.52 Å². The minimum atomic E-state index is -0.461. The Kier molecular flexibility index (Phi) is 6.45. The molecule has 1 heterocycles. The van der Waals surface area contributed by atoms with E-state index in [0.717, 1.165) is 42.4 Å². The summed E-state index contributed by atoms with van der Waals surface area (Å²) in [6.45, 7) is 6.29. The first kappa shape index (κ1) is 21.1. The predicted molar refractivity (Wildman–Crippen MR) is 117 cm³/mol. The van der Waals surface area contributed by atoms with E-state index in [2.05, 4.69) is 16.7 Å². The first-order chi connectivity index (χ1) is 13.7. The molecule has 158 valence electrons. The van der Waals surface area contributed by atoms with Crippen molar-refractivity contribution in [1.82, 2.24) is 15.3 Å². The smallest absolute Gasteiger partial charge is 0.407 e. The summed E-state index contributed by atoms with van der Waals surface area (Å²) in [5, 5.41) is 7.48. The standard InChI is InChI=1S/C22H33N5O2/c1-22(2,3)29-21(28)23-14-15-10-12-16(13-11-15)24-20-25-18-9-7-6-8-17(18)19(26-20)27(4)5/h6-9,15-16H,10-14H2,1-5H3,(H,23,28)(H,24,25,26). The Labute approximate surface area is 173 Å². The number of ether oxygens (including phenoxy) is 1. The summed E-state index contributed by atoms with van der Waals surface area (Å²) in [5.41, 5.74) is 0.487. The molecule has 1 fully saturated rings. The van der Waals surface area contributed by atoms with E-state index in [-0.39, 0.29) is 6.09 Å². The predicted octanol–water partition coefficient (Wildman–Crippen LogP) is 4.19. The van der Waals surface area contributed by atoms with Gasteiger partial charge in [-0.3, -0.25) is 0 Å². The van der Waals surface area contributed by atoms with Crippen LogP contribution in [0.4, 0.5) is 16.6 Å². The molecule has 0 radical (unpaired) electrons. The Morgan fingerprint density at radius 3 is 2.48 bits per heavy atom. The molecule has 3 rings (SSSR count). The van der Waals surface area contributed by atoms with Gasteiger partial charge in [0.1, 0.15) is 11.4 Å². The fourth-order valence-corrected chi connectivity index (χ4v) is 3.70. The van der Waals surface area contributed by atoms with Gasteiger partial charge in [-0.05, 0) is 64.5 Å². The van der Waals surface area contributed by atoms with Gasteiger partial charge in [-0.25, -0.2) is 9.78 Å². The molecule has 1 aliphatic rings. The molecule has 0 bridgehead atoms. The number of rotatable bonds is 5. The van der Waals surface area contributed by atoms with Gasteiger partial charge in [0.25, 0.3) is 0 Å². The summed E-state index contributed by atoms with van der Waals surface area (Å²) in [4.78, 5) is 23.3. The summed E-state index contributed by atoms with van der Waals surface area (Å²) in [6, 6.07) is 8.44. The minimum absolute atomic E-state index is 0.335. The van der Waals surface area contributed by atoms with Crippen molar-refractivity contribution in [3.05, 3.63) is 24.3 Å². The Bertz CT molecular complexity index is 839. The van der Waals surface area contributed by atoms with Crippen LogP contribution in [0, 0.1) is 5.92 Å². The van der Waals surface area contributed by atoms with Crippen molar-refractivity contribution >= 4 is 28.8 Å². The van der Waals surface area contributed by atoms with Gasteiger partial charge in [0, 0.05) is 32.1 Å². The summed E-state index contributed by atoms with van der Waals surface area (Å²) in [6.07, 6.45) is 3.85. The summed E-state index contributed by atoms with van der Waals surface area (Å²) >= 11 is 0. The molecule has 1 amide bonds. The third-order valence-corrected chi connectivity index (χ3v) is 5.12. The van der Waals surface area contributed by atoms with Crippen molar-refractivity contribution in [2.75, 3.05) is 30.9 Å². The van der Waals surface area contributed by atoms with Crippen molar-refractivity contribution in [2.45, 2.75) is 58.1 Å². The second-order valence-electron chi connectivity index (χ2n) is 9.03. The lowest BCUT2D eigenvalue weighted by Crippen LogP contribution is -2.37. The zero-order valence-corrected chi connectivity index (χ0v) is 18.2. The molecule has 7 heteroatoms. The molecule has 1 aromatic heterocycles. The van der Waals surface area contributed by atoms with Gasteiger partial charge in [-0.15, -0.1) is 0 Å². The van der Waals surface area contributed by atoms with Crippen LogP contribution < -0.4 is 15.5 Å². The highest BCUT2D eigenvalue weighted by atomic mass is 16.6. The van der Waals surface area contributed by atoms with Crippen molar-refractivity contribution in [2.24, 2.45) is 5.92 Å². The lowest BCUT2D eigenvalue weighted by atomic mass is 9.86. The van der Waals surface area contributed by atoms with Gasteiger partial charge >= 0.3 is 6.09 Å². The summed E-state index contributed by atoms with van der Waals surface area (Å²) in [7, 11) is 4.00. The third-order valence-electron chi connectivity index (χ3n) is 5.12. The van der Waals surface area contributed by atoms with Crippen LogP contribution in [-0.4, -0.2) is 48.3 Å². The van der Waals surface area contributed by atoms with E-state index in [1.807, 2.05) is 58.0 Å². The molecule has 0 spiro atoms. The Hall–Kier alpha value is -2.57. The second kappa shape index (κ2) is 8.84. The van der Waals surface area contributed by atoms with Crippen LogP contribution in [0.5, 0.6) is 0 Å². The molecule has 1 saturated carbocycles. The van der Waals surface area contributed by atoms with Crippen LogP contribution >= 0.6 is 0 Å². The van der Waals surface area contributed by atoms with E-state index >= 15 is 0 Å². The molecule has 29 heavy (non-hydrogen) atoms. The Balaban J connectivity index is 1.54. The fraction of sp³-hybridized carbons (Fsp3) is 0.591. The number of fused-ring (bicyclic) bond motifs is 1. The van der Waals surface area contributed by atoms with Crippen LogP contribution in [0.2, 0.25) is 0 Å². The molecule has 0 saturated heterocycles. The number of benzene rings is 1. The Morgan fingerprint density at radius 1 is 1.14 bits per heavy atom. The molecule has 1 aromatic carbocycles. The summed E-state index contributed by atoms with van der Waals surface area (Å²) < 4.78 is 5.31. The van der Waals surface area contributed by atoms with E-state index in [4.69, 9.17) is 14.7 Å². The average Bonchev–Trinajstić information content (AvgIpc) is 2.65. The van der Waals surface area contributed by atoms with Gasteiger partial charge in [0.2, 0.25) is 5.95 Å². The highest BCUT2D eigenvalue weighted by Crippen LogP contribution is 2.28. The number of para-hydroxylation sites is 1. The summed E-state index contributed by atoms with van der Waals surface area (Å²) in [5.74, 6) is 2.09. The van der Waals surface area contributed by atoms with E-state index in [0.29, 0.717) is 24.5 Å². The monoisotopic (exact) mass is 399 g/mol. The second-order valence-corrected chi connectivity index (χ2v) is 9.03. The molecular formula is C22H33N5O2. The molecule has 1 aliphatic carbocycles. The van der Waals surface area contributed by atoms with E-state index < -0.39 is 5.60 Å². The molecular weight excluding hydrogens is 366 g/mol. The zero-order chi connectivity index (χ0) is 21.0. The lowest BCUT2D eigenvalue weighted by molar-refractivity contribution is 0.0515.